The van der Waals surface area contributed by atoms with Crippen LogP contribution in [0.15, 0.2) is 34.2 Å². The molecule has 3 N–H and O–H groups in total. The Hall–Kier alpha value is -1.95. The van der Waals surface area contributed by atoms with Crippen molar-refractivity contribution >= 4 is 23.4 Å². The smallest absolute Gasteiger partial charge is 0.251 e. The van der Waals surface area contributed by atoms with Gasteiger partial charge in [0.2, 0.25) is 0 Å². The monoisotopic (exact) mass is 290 g/mol. The predicted molar refractivity (Wildman–Crippen MR) is 80.9 cm³/mol. The summed E-state index contributed by atoms with van der Waals surface area (Å²) < 4.78 is 1.80. The van der Waals surface area contributed by atoms with Gasteiger partial charge in [-0.25, -0.2) is 0 Å². The number of nitrogens with one attached hydrogen (secondary N) is 1. The molecule has 106 valence electrons. The molecule has 6 heteroatoms. The molecular formula is C14H18N4OS. The number of carbonyl (C=O) groups is 1. The van der Waals surface area contributed by atoms with Gasteiger partial charge in [0.05, 0.1) is 10.7 Å². The zero-order chi connectivity index (χ0) is 14.7. The summed E-state index contributed by atoms with van der Waals surface area (Å²) in [6.45, 7) is 4.44. The molecule has 0 aliphatic heterocycles. The lowest BCUT2D eigenvalue weighted by atomic mass is 10.2. The van der Waals surface area contributed by atoms with Crippen molar-refractivity contribution in [3.05, 3.63) is 35.5 Å². The first-order valence-electron chi connectivity index (χ1n) is 6.37. The fraction of sp³-hybridized carbons (Fsp3) is 0.286. The second-order valence-corrected chi connectivity index (χ2v) is 5.52. The number of nitrogens with zero attached hydrogens (tertiary/aromatic N) is 2. The van der Waals surface area contributed by atoms with Gasteiger partial charge in [-0.15, -0.1) is 0 Å². The number of nitrogen functional groups attached to an aromatic ring is 1. The number of rotatable bonds is 4. The third kappa shape index (κ3) is 3.14. The van der Waals surface area contributed by atoms with Gasteiger partial charge in [-0.2, -0.15) is 5.10 Å². The van der Waals surface area contributed by atoms with Crippen molar-refractivity contribution < 1.29 is 4.79 Å². The largest absolute Gasteiger partial charge is 0.398 e. The molecule has 0 spiro atoms. The average molecular weight is 290 g/mol. The Kier molecular flexibility index (Phi) is 4.34. The van der Waals surface area contributed by atoms with Crippen molar-refractivity contribution in [2.24, 2.45) is 7.05 Å². The summed E-state index contributed by atoms with van der Waals surface area (Å²) in [5.41, 5.74) is 8.21. The molecule has 2 aromatic rings. The van der Waals surface area contributed by atoms with Crippen LogP contribution in [-0.2, 0) is 7.05 Å². The number of hydrogen-bond acceptors (Lipinski definition) is 4. The number of nitrogens with two attached hydrogens (primary N) is 1. The molecular weight excluding hydrogens is 272 g/mol. The van der Waals surface area contributed by atoms with Gasteiger partial charge in [0.25, 0.3) is 5.91 Å². The van der Waals surface area contributed by atoms with Crippen molar-refractivity contribution in [3.63, 3.8) is 0 Å². The lowest BCUT2D eigenvalue weighted by Gasteiger charge is -2.08. The summed E-state index contributed by atoms with van der Waals surface area (Å²) >= 11 is 1.51. The number of benzene rings is 1. The minimum absolute atomic E-state index is 0.0875. The zero-order valence-electron chi connectivity index (χ0n) is 11.8. The van der Waals surface area contributed by atoms with Gasteiger partial charge in [-0.1, -0.05) is 11.8 Å². The van der Waals surface area contributed by atoms with Crippen molar-refractivity contribution in [2.45, 2.75) is 23.8 Å². The van der Waals surface area contributed by atoms with Crippen LogP contribution in [0, 0.1) is 6.92 Å². The molecule has 0 atom stereocenters. The van der Waals surface area contributed by atoms with Crippen molar-refractivity contribution in [1.82, 2.24) is 15.1 Å². The van der Waals surface area contributed by atoms with E-state index in [2.05, 4.69) is 10.4 Å². The van der Waals surface area contributed by atoms with E-state index in [4.69, 9.17) is 5.73 Å². The van der Waals surface area contributed by atoms with Gasteiger partial charge in [0.15, 0.2) is 0 Å². The van der Waals surface area contributed by atoms with Crippen molar-refractivity contribution in [1.29, 1.82) is 0 Å². The number of carbonyl (C=O) groups excluding carboxylic acids is 1. The number of aryl methyl sites for hydroxylation is 2. The lowest BCUT2D eigenvalue weighted by molar-refractivity contribution is 0.0955. The van der Waals surface area contributed by atoms with E-state index in [1.807, 2.05) is 33.0 Å². The van der Waals surface area contributed by atoms with Gasteiger partial charge in [0.1, 0.15) is 0 Å². The first-order chi connectivity index (χ1) is 9.51. The van der Waals surface area contributed by atoms with E-state index in [1.54, 1.807) is 16.8 Å². The summed E-state index contributed by atoms with van der Waals surface area (Å²) in [5.74, 6) is -0.0875. The van der Waals surface area contributed by atoms with Gasteiger partial charge in [-0.05, 0) is 38.1 Å². The Balaban J connectivity index is 2.29. The molecule has 20 heavy (non-hydrogen) atoms. The minimum atomic E-state index is -0.0875. The average Bonchev–Trinajstić information content (AvgIpc) is 2.70. The first-order valence-corrected chi connectivity index (χ1v) is 7.19. The van der Waals surface area contributed by atoms with E-state index >= 15 is 0 Å². The molecule has 1 amide bonds. The maximum atomic E-state index is 11.9. The Morgan fingerprint density at radius 2 is 2.20 bits per heavy atom. The molecule has 1 heterocycles. The van der Waals surface area contributed by atoms with Crippen molar-refractivity contribution in [3.8, 4) is 0 Å². The summed E-state index contributed by atoms with van der Waals surface area (Å²) in [7, 11) is 1.89. The second-order valence-electron chi connectivity index (χ2n) is 4.46. The Morgan fingerprint density at radius 1 is 1.45 bits per heavy atom. The zero-order valence-corrected chi connectivity index (χ0v) is 12.6. The molecule has 2 rings (SSSR count). The quantitative estimate of drug-likeness (QED) is 0.847. The molecule has 0 fully saturated rings. The van der Waals surface area contributed by atoms with E-state index in [0.717, 1.165) is 15.6 Å². The SMILES string of the molecule is CCNC(=O)c1ccc(N)c(Sc2cc(C)nn2C)c1. The van der Waals surface area contributed by atoms with Crippen LogP contribution < -0.4 is 11.1 Å². The molecule has 1 aromatic carbocycles. The normalized spacial score (nSPS) is 10.6. The molecule has 0 saturated carbocycles. The topological polar surface area (TPSA) is 72.9 Å². The molecule has 0 saturated heterocycles. The van der Waals surface area contributed by atoms with Gasteiger partial charge < -0.3 is 11.1 Å². The van der Waals surface area contributed by atoms with Gasteiger partial charge in [-0.3, -0.25) is 9.48 Å². The Bertz CT molecular complexity index is 636. The molecule has 0 bridgehead atoms. The fourth-order valence-corrected chi connectivity index (χ4v) is 2.82. The predicted octanol–water partition coefficient (Wildman–Crippen LogP) is 2.21. The molecule has 5 nitrogen and oxygen atoms in total. The van der Waals surface area contributed by atoms with Gasteiger partial charge in [0, 0.05) is 29.7 Å². The van der Waals surface area contributed by atoms with E-state index < -0.39 is 0 Å². The summed E-state index contributed by atoms with van der Waals surface area (Å²) in [5, 5.41) is 8.07. The number of hydrogen-bond donors (Lipinski definition) is 2. The molecule has 0 radical (unpaired) electrons. The standard InChI is InChI=1S/C14H18N4OS/c1-4-16-14(19)10-5-6-11(15)12(8-10)20-13-7-9(2)17-18(13)3/h5-8H,4,15H2,1-3H3,(H,16,19). The van der Waals surface area contributed by atoms with Crippen LogP contribution in [0.4, 0.5) is 5.69 Å². The highest BCUT2D eigenvalue weighted by Gasteiger charge is 2.11. The first kappa shape index (κ1) is 14.5. The summed E-state index contributed by atoms with van der Waals surface area (Å²) in [6, 6.07) is 7.30. The fourth-order valence-electron chi connectivity index (χ4n) is 1.82. The molecule has 0 aliphatic carbocycles. The van der Waals surface area contributed by atoms with Gasteiger partial charge >= 0.3 is 0 Å². The van der Waals surface area contributed by atoms with Crippen molar-refractivity contribution in [2.75, 3.05) is 12.3 Å². The van der Waals surface area contributed by atoms with Crippen LogP contribution >= 0.6 is 11.8 Å². The number of anilines is 1. The third-order valence-corrected chi connectivity index (χ3v) is 3.95. The molecule has 1 aromatic heterocycles. The van der Waals surface area contributed by atoms with E-state index in [-0.39, 0.29) is 5.91 Å². The van der Waals surface area contributed by atoms with Crippen LogP contribution in [0.5, 0.6) is 0 Å². The summed E-state index contributed by atoms with van der Waals surface area (Å²) in [6.07, 6.45) is 0. The van der Waals surface area contributed by atoms with E-state index in [9.17, 15) is 4.79 Å². The van der Waals surface area contributed by atoms with E-state index in [1.165, 1.54) is 11.8 Å². The Labute approximate surface area is 122 Å². The highest BCUT2D eigenvalue weighted by atomic mass is 32.2. The Morgan fingerprint density at radius 3 is 2.80 bits per heavy atom. The van der Waals surface area contributed by atoms with Crippen LogP contribution in [-0.4, -0.2) is 22.2 Å². The molecule has 0 aliphatic rings. The summed E-state index contributed by atoms with van der Waals surface area (Å²) in [4.78, 5) is 12.7. The van der Waals surface area contributed by atoms with E-state index in [0.29, 0.717) is 17.8 Å². The second kappa shape index (κ2) is 6.00. The lowest BCUT2D eigenvalue weighted by Crippen LogP contribution is -2.22. The number of aromatic nitrogens is 2. The number of amides is 1. The van der Waals surface area contributed by atoms with Crippen LogP contribution in [0.2, 0.25) is 0 Å². The van der Waals surface area contributed by atoms with Crippen LogP contribution in [0.25, 0.3) is 0 Å². The third-order valence-electron chi connectivity index (χ3n) is 2.79. The maximum Gasteiger partial charge on any atom is 0.251 e. The maximum absolute atomic E-state index is 11.9. The minimum Gasteiger partial charge on any atom is -0.398 e. The van der Waals surface area contributed by atoms with Crippen LogP contribution in [0.1, 0.15) is 23.0 Å². The highest BCUT2D eigenvalue weighted by Crippen LogP contribution is 2.32. The highest BCUT2D eigenvalue weighted by molar-refractivity contribution is 7.99. The van der Waals surface area contributed by atoms with Crippen LogP contribution in [0.3, 0.4) is 0 Å². The molecule has 0 unspecified atom stereocenters.